The van der Waals surface area contributed by atoms with Gasteiger partial charge in [-0.15, -0.1) is 0 Å². The summed E-state index contributed by atoms with van der Waals surface area (Å²) in [5.41, 5.74) is 0. The van der Waals surface area contributed by atoms with Gasteiger partial charge >= 0.3 is 12.0 Å². The van der Waals surface area contributed by atoms with Crippen LogP contribution in [-0.2, 0) is 4.79 Å². The molecule has 1 aliphatic heterocycles. The molecule has 1 N–H and O–H groups in total. The lowest BCUT2D eigenvalue weighted by atomic mass is 10.2. The van der Waals surface area contributed by atoms with E-state index < -0.39 is 12.0 Å². The van der Waals surface area contributed by atoms with Crippen molar-refractivity contribution < 1.29 is 14.7 Å². The van der Waals surface area contributed by atoms with Gasteiger partial charge in [-0.2, -0.15) is 0 Å². The zero-order valence-corrected chi connectivity index (χ0v) is 12.1. The first-order valence-electron chi connectivity index (χ1n) is 7.40. The monoisotopic (exact) mass is 270 g/mol. The lowest BCUT2D eigenvalue weighted by Gasteiger charge is -2.30. The highest BCUT2D eigenvalue weighted by Crippen LogP contribution is 2.19. The highest BCUT2D eigenvalue weighted by molar-refractivity contribution is 5.83. The molecule has 0 spiro atoms. The largest absolute Gasteiger partial charge is 0.480 e. The van der Waals surface area contributed by atoms with Crippen molar-refractivity contribution in [3.8, 4) is 0 Å². The van der Waals surface area contributed by atoms with Crippen molar-refractivity contribution in [2.75, 3.05) is 19.6 Å². The summed E-state index contributed by atoms with van der Waals surface area (Å²) < 4.78 is 0. The Kier molecular flexibility index (Phi) is 6.67. The lowest BCUT2D eigenvalue weighted by Crippen LogP contribution is -2.48. The maximum atomic E-state index is 12.5. The molecule has 0 unspecified atom stereocenters. The molecular weight excluding hydrogens is 244 g/mol. The Morgan fingerprint density at radius 1 is 1.21 bits per heavy atom. The molecule has 0 bridgehead atoms. The van der Waals surface area contributed by atoms with Gasteiger partial charge in [0.25, 0.3) is 0 Å². The molecule has 5 nitrogen and oxygen atoms in total. The van der Waals surface area contributed by atoms with Crippen LogP contribution < -0.4 is 0 Å². The number of carbonyl (C=O) groups is 2. The van der Waals surface area contributed by atoms with E-state index in [2.05, 4.69) is 13.8 Å². The van der Waals surface area contributed by atoms with Crippen molar-refractivity contribution in [2.24, 2.45) is 0 Å². The molecule has 1 rings (SSSR count). The highest BCUT2D eigenvalue weighted by atomic mass is 16.4. The molecule has 1 heterocycles. The number of rotatable bonds is 7. The van der Waals surface area contributed by atoms with Gasteiger partial charge in [0.2, 0.25) is 0 Å². The zero-order valence-electron chi connectivity index (χ0n) is 12.1. The fourth-order valence-corrected chi connectivity index (χ4v) is 2.44. The van der Waals surface area contributed by atoms with Crippen molar-refractivity contribution >= 4 is 12.0 Å². The predicted octanol–water partition coefficient (Wildman–Crippen LogP) is 2.56. The van der Waals surface area contributed by atoms with Gasteiger partial charge in [0.05, 0.1) is 0 Å². The van der Waals surface area contributed by atoms with Crippen LogP contribution in [0.2, 0.25) is 0 Å². The summed E-state index contributed by atoms with van der Waals surface area (Å²) in [6.07, 6.45) is 5.40. The van der Waals surface area contributed by atoms with Crippen molar-refractivity contribution in [2.45, 2.75) is 58.4 Å². The summed E-state index contributed by atoms with van der Waals surface area (Å²) >= 11 is 0. The number of carboxylic acid groups (broad SMARTS) is 1. The Hall–Kier alpha value is -1.26. The van der Waals surface area contributed by atoms with Crippen LogP contribution in [-0.4, -0.2) is 52.6 Å². The summed E-state index contributed by atoms with van der Waals surface area (Å²) in [5, 5.41) is 9.15. The fraction of sp³-hybridized carbons (Fsp3) is 0.857. The molecule has 0 aliphatic carbocycles. The van der Waals surface area contributed by atoms with Crippen LogP contribution in [0.5, 0.6) is 0 Å². The van der Waals surface area contributed by atoms with Gasteiger partial charge in [-0.3, -0.25) is 0 Å². The molecule has 0 aromatic carbocycles. The van der Waals surface area contributed by atoms with E-state index in [4.69, 9.17) is 5.11 Å². The number of unbranched alkanes of at least 4 members (excludes halogenated alkanes) is 2. The van der Waals surface area contributed by atoms with E-state index in [1.807, 2.05) is 4.90 Å². The third-order valence-electron chi connectivity index (χ3n) is 3.62. The minimum Gasteiger partial charge on any atom is -0.480 e. The van der Waals surface area contributed by atoms with Crippen molar-refractivity contribution in [3.63, 3.8) is 0 Å². The molecule has 0 aromatic heterocycles. The van der Waals surface area contributed by atoms with Crippen molar-refractivity contribution in [3.05, 3.63) is 0 Å². The number of urea groups is 1. The van der Waals surface area contributed by atoms with E-state index in [0.717, 1.165) is 45.2 Å². The smallest absolute Gasteiger partial charge is 0.326 e. The second kappa shape index (κ2) is 8.02. The Balaban J connectivity index is 2.65. The minimum absolute atomic E-state index is 0.0909. The molecule has 1 atom stereocenters. The van der Waals surface area contributed by atoms with E-state index in [9.17, 15) is 9.59 Å². The Morgan fingerprint density at radius 3 is 2.26 bits per heavy atom. The Bertz CT molecular complexity index is 299. The van der Waals surface area contributed by atoms with Gasteiger partial charge < -0.3 is 14.9 Å². The summed E-state index contributed by atoms with van der Waals surface area (Å²) in [5.74, 6) is -0.878. The normalized spacial score (nSPS) is 18.6. The summed E-state index contributed by atoms with van der Waals surface area (Å²) in [6, 6.07) is -0.718. The second-order valence-electron chi connectivity index (χ2n) is 5.17. The number of hydrogen-bond donors (Lipinski definition) is 1. The Labute approximate surface area is 115 Å². The molecule has 1 fully saturated rings. The molecule has 2 amide bonds. The quantitative estimate of drug-likeness (QED) is 0.773. The third kappa shape index (κ3) is 4.40. The number of hydrogen-bond acceptors (Lipinski definition) is 2. The molecule has 19 heavy (non-hydrogen) atoms. The standard InChI is InChI=1S/C14H26N2O3/c1-3-5-9-15(10-6-4-2)14(19)16-11-7-8-12(16)13(17)18/h12H,3-11H2,1-2H3,(H,17,18)/t12-/m0/s1. The number of aliphatic carboxylic acids is 1. The second-order valence-corrected chi connectivity index (χ2v) is 5.17. The number of nitrogens with zero attached hydrogens (tertiary/aromatic N) is 2. The zero-order chi connectivity index (χ0) is 14.3. The molecule has 0 aromatic rings. The Morgan fingerprint density at radius 2 is 1.79 bits per heavy atom. The summed E-state index contributed by atoms with van der Waals surface area (Å²) in [7, 11) is 0. The van der Waals surface area contributed by atoms with Gasteiger partial charge in [0.15, 0.2) is 0 Å². The topological polar surface area (TPSA) is 60.9 Å². The van der Waals surface area contributed by atoms with Crippen LogP contribution in [0.15, 0.2) is 0 Å². The number of carbonyl (C=O) groups excluding carboxylic acids is 1. The molecule has 0 radical (unpaired) electrons. The number of likely N-dealkylation sites (tertiary alicyclic amines) is 1. The summed E-state index contributed by atoms with van der Waals surface area (Å²) in [4.78, 5) is 27.0. The van der Waals surface area contributed by atoms with Gasteiger partial charge in [-0.05, 0) is 25.7 Å². The molecule has 1 saturated heterocycles. The molecule has 110 valence electrons. The molecule has 1 aliphatic rings. The van der Waals surface area contributed by atoms with Crippen LogP contribution in [0.3, 0.4) is 0 Å². The van der Waals surface area contributed by atoms with Gasteiger partial charge in [-0.1, -0.05) is 26.7 Å². The first-order valence-corrected chi connectivity index (χ1v) is 7.40. The maximum absolute atomic E-state index is 12.5. The maximum Gasteiger partial charge on any atom is 0.326 e. The van der Waals surface area contributed by atoms with Crippen LogP contribution in [0.1, 0.15) is 52.4 Å². The average Bonchev–Trinajstić information content (AvgIpc) is 2.87. The van der Waals surface area contributed by atoms with Crippen LogP contribution in [0.4, 0.5) is 4.79 Å². The van der Waals surface area contributed by atoms with Crippen LogP contribution in [0.25, 0.3) is 0 Å². The van der Waals surface area contributed by atoms with E-state index in [1.54, 1.807) is 0 Å². The van der Waals surface area contributed by atoms with Crippen LogP contribution in [0, 0.1) is 0 Å². The fourth-order valence-electron chi connectivity index (χ4n) is 2.44. The average molecular weight is 270 g/mol. The van der Waals surface area contributed by atoms with E-state index in [-0.39, 0.29) is 6.03 Å². The van der Waals surface area contributed by atoms with E-state index >= 15 is 0 Å². The third-order valence-corrected chi connectivity index (χ3v) is 3.62. The minimum atomic E-state index is -0.878. The lowest BCUT2D eigenvalue weighted by molar-refractivity contribution is -0.141. The van der Waals surface area contributed by atoms with Crippen molar-refractivity contribution in [1.82, 2.24) is 9.80 Å². The summed E-state index contributed by atoms with van der Waals surface area (Å²) in [6.45, 7) is 6.23. The van der Waals surface area contributed by atoms with Crippen molar-refractivity contribution in [1.29, 1.82) is 0 Å². The first kappa shape index (κ1) is 15.8. The first-order chi connectivity index (χ1) is 9.11. The molecule has 0 saturated carbocycles. The van der Waals surface area contributed by atoms with E-state index in [0.29, 0.717) is 13.0 Å². The van der Waals surface area contributed by atoms with E-state index in [1.165, 1.54) is 4.90 Å². The van der Waals surface area contributed by atoms with Gasteiger partial charge in [0, 0.05) is 19.6 Å². The molecular formula is C14H26N2O3. The van der Waals surface area contributed by atoms with Gasteiger partial charge in [-0.25, -0.2) is 9.59 Å². The SMILES string of the molecule is CCCCN(CCCC)C(=O)N1CCC[C@H]1C(=O)O. The van der Waals surface area contributed by atoms with Crippen LogP contribution >= 0.6 is 0 Å². The molecule has 5 heteroatoms. The number of carboxylic acids is 1. The number of amides is 2. The predicted molar refractivity (Wildman–Crippen MR) is 74.1 cm³/mol. The van der Waals surface area contributed by atoms with Gasteiger partial charge in [0.1, 0.15) is 6.04 Å². The highest BCUT2D eigenvalue weighted by Gasteiger charge is 2.35.